The minimum absolute atomic E-state index is 0.0199. The SMILES string of the molecule is CSCCCCNS(=O)(=O)CCCO. The number of hydrogen-bond donors (Lipinski definition) is 2. The van der Waals surface area contributed by atoms with Gasteiger partial charge in [-0.3, -0.25) is 0 Å². The molecular formula is C8H19NO3S2. The predicted molar refractivity (Wildman–Crippen MR) is 61.1 cm³/mol. The summed E-state index contributed by atoms with van der Waals surface area (Å²) in [4.78, 5) is 0. The van der Waals surface area contributed by atoms with Crippen LogP contribution in [-0.2, 0) is 10.0 Å². The Morgan fingerprint density at radius 3 is 2.57 bits per heavy atom. The fraction of sp³-hybridized carbons (Fsp3) is 1.00. The molecule has 0 aliphatic rings. The van der Waals surface area contributed by atoms with Crippen LogP contribution in [0.25, 0.3) is 0 Å². The fourth-order valence-electron chi connectivity index (χ4n) is 0.926. The lowest BCUT2D eigenvalue weighted by atomic mass is 10.3. The first kappa shape index (κ1) is 14.2. The van der Waals surface area contributed by atoms with Gasteiger partial charge in [0.15, 0.2) is 0 Å². The molecule has 0 aliphatic heterocycles. The number of aliphatic hydroxyl groups excluding tert-OH is 1. The molecule has 0 rings (SSSR count). The highest BCUT2D eigenvalue weighted by Crippen LogP contribution is 1.98. The first-order valence-corrected chi connectivity index (χ1v) is 7.74. The van der Waals surface area contributed by atoms with Crippen LogP contribution in [0.5, 0.6) is 0 Å². The zero-order chi connectivity index (χ0) is 10.9. The molecule has 14 heavy (non-hydrogen) atoms. The van der Waals surface area contributed by atoms with E-state index in [0.717, 1.165) is 18.6 Å². The fourth-order valence-corrected chi connectivity index (χ4v) is 2.53. The standard InChI is InChI=1S/C8H19NO3S2/c1-13-7-3-2-5-9-14(11,12)8-4-6-10/h9-10H,2-8H2,1H3. The Morgan fingerprint density at radius 2 is 2.00 bits per heavy atom. The number of hydrogen-bond acceptors (Lipinski definition) is 4. The van der Waals surface area contributed by atoms with Crippen LogP contribution < -0.4 is 4.72 Å². The molecule has 0 fully saturated rings. The van der Waals surface area contributed by atoms with Crippen molar-refractivity contribution in [2.45, 2.75) is 19.3 Å². The van der Waals surface area contributed by atoms with E-state index in [1.165, 1.54) is 0 Å². The highest BCUT2D eigenvalue weighted by molar-refractivity contribution is 7.98. The molecule has 0 aromatic heterocycles. The lowest BCUT2D eigenvalue weighted by Crippen LogP contribution is -2.27. The van der Waals surface area contributed by atoms with Gasteiger partial charge in [-0.2, -0.15) is 11.8 Å². The second-order valence-electron chi connectivity index (χ2n) is 2.99. The molecule has 0 bridgehead atoms. The third-order valence-electron chi connectivity index (χ3n) is 1.67. The number of thioether (sulfide) groups is 1. The van der Waals surface area contributed by atoms with Gasteiger partial charge in [-0.1, -0.05) is 0 Å². The summed E-state index contributed by atoms with van der Waals surface area (Å²) in [6, 6.07) is 0. The first-order chi connectivity index (χ1) is 6.62. The normalized spacial score (nSPS) is 11.9. The second kappa shape index (κ2) is 8.52. The molecule has 4 nitrogen and oxygen atoms in total. The van der Waals surface area contributed by atoms with E-state index in [-0.39, 0.29) is 12.4 Å². The molecule has 0 saturated carbocycles. The summed E-state index contributed by atoms with van der Waals surface area (Å²) < 4.78 is 24.9. The van der Waals surface area contributed by atoms with Gasteiger partial charge in [0.05, 0.1) is 5.75 Å². The van der Waals surface area contributed by atoms with Crippen LogP contribution >= 0.6 is 11.8 Å². The largest absolute Gasteiger partial charge is 0.396 e. The maximum Gasteiger partial charge on any atom is 0.211 e. The molecule has 0 aliphatic carbocycles. The highest BCUT2D eigenvalue weighted by atomic mass is 32.2. The topological polar surface area (TPSA) is 66.4 Å². The molecule has 86 valence electrons. The lowest BCUT2D eigenvalue weighted by Gasteiger charge is -2.04. The van der Waals surface area contributed by atoms with E-state index < -0.39 is 10.0 Å². The Bertz CT molecular complexity index is 217. The summed E-state index contributed by atoms with van der Waals surface area (Å²) in [7, 11) is -3.15. The Morgan fingerprint density at radius 1 is 1.29 bits per heavy atom. The van der Waals surface area contributed by atoms with E-state index in [4.69, 9.17) is 5.11 Å². The van der Waals surface area contributed by atoms with Crippen molar-refractivity contribution in [3.8, 4) is 0 Å². The molecule has 0 unspecified atom stereocenters. The molecule has 2 N–H and O–H groups in total. The zero-order valence-corrected chi connectivity index (χ0v) is 10.2. The third kappa shape index (κ3) is 8.80. The van der Waals surface area contributed by atoms with Crippen molar-refractivity contribution in [3.63, 3.8) is 0 Å². The van der Waals surface area contributed by atoms with Crippen LogP contribution in [-0.4, -0.2) is 44.4 Å². The van der Waals surface area contributed by atoms with Crippen molar-refractivity contribution in [2.75, 3.05) is 30.9 Å². The average Bonchev–Trinajstić information content (AvgIpc) is 2.15. The van der Waals surface area contributed by atoms with Crippen molar-refractivity contribution in [3.05, 3.63) is 0 Å². The first-order valence-electron chi connectivity index (χ1n) is 4.69. The molecule has 0 heterocycles. The van der Waals surface area contributed by atoms with E-state index in [9.17, 15) is 8.42 Å². The maximum absolute atomic E-state index is 11.2. The van der Waals surface area contributed by atoms with E-state index in [1.54, 1.807) is 11.8 Å². The number of nitrogens with one attached hydrogen (secondary N) is 1. The van der Waals surface area contributed by atoms with E-state index in [0.29, 0.717) is 13.0 Å². The number of aliphatic hydroxyl groups is 1. The molecule has 0 atom stereocenters. The molecule has 0 aromatic rings. The lowest BCUT2D eigenvalue weighted by molar-refractivity contribution is 0.295. The van der Waals surface area contributed by atoms with Crippen LogP contribution in [0.3, 0.4) is 0 Å². The minimum Gasteiger partial charge on any atom is -0.396 e. The summed E-state index contributed by atoms with van der Waals surface area (Å²) in [5.74, 6) is 1.09. The smallest absolute Gasteiger partial charge is 0.211 e. The summed E-state index contributed by atoms with van der Waals surface area (Å²) >= 11 is 1.76. The molecule has 6 heteroatoms. The molecule has 0 spiro atoms. The highest BCUT2D eigenvalue weighted by Gasteiger charge is 2.07. The van der Waals surface area contributed by atoms with Gasteiger partial charge in [0.1, 0.15) is 0 Å². The van der Waals surface area contributed by atoms with Gasteiger partial charge < -0.3 is 5.11 Å². The maximum atomic E-state index is 11.2. The van der Waals surface area contributed by atoms with Gasteiger partial charge in [-0.05, 0) is 31.3 Å². The summed E-state index contributed by atoms with van der Waals surface area (Å²) in [6.45, 7) is 0.432. The van der Waals surface area contributed by atoms with E-state index >= 15 is 0 Å². The Labute approximate surface area is 90.5 Å². The number of unbranched alkanes of at least 4 members (excludes halogenated alkanes) is 1. The van der Waals surface area contributed by atoms with Crippen molar-refractivity contribution in [2.24, 2.45) is 0 Å². The van der Waals surface area contributed by atoms with Crippen LogP contribution in [0.4, 0.5) is 0 Å². The monoisotopic (exact) mass is 241 g/mol. The van der Waals surface area contributed by atoms with Gasteiger partial charge in [-0.25, -0.2) is 13.1 Å². The molecule has 0 radical (unpaired) electrons. The van der Waals surface area contributed by atoms with Gasteiger partial charge in [0, 0.05) is 13.2 Å². The zero-order valence-electron chi connectivity index (χ0n) is 8.53. The van der Waals surface area contributed by atoms with Crippen molar-refractivity contribution in [1.29, 1.82) is 0 Å². The van der Waals surface area contributed by atoms with Crippen LogP contribution in [0, 0.1) is 0 Å². The third-order valence-corrected chi connectivity index (χ3v) is 3.84. The van der Waals surface area contributed by atoms with Crippen molar-refractivity contribution in [1.82, 2.24) is 4.72 Å². The quantitative estimate of drug-likeness (QED) is 0.575. The van der Waals surface area contributed by atoms with Crippen molar-refractivity contribution >= 4 is 21.8 Å². The minimum atomic E-state index is -3.15. The van der Waals surface area contributed by atoms with E-state index in [2.05, 4.69) is 4.72 Å². The second-order valence-corrected chi connectivity index (χ2v) is 5.90. The van der Waals surface area contributed by atoms with Crippen LogP contribution in [0.15, 0.2) is 0 Å². The Kier molecular flexibility index (Phi) is 8.66. The summed E-state index contributed by atoms with van der Waals surface area (Å²) in [5, 5.41) is 8.48. The molecule has 0 saturated heterocycles. The van der Waals surface area contributed by atoms with Gasteiger partial charge in [-0.15, -0.1) is 0 Å². The van der Waals surface area contributed by atoms with E-state index in [1.807, 2.05) is 6.26 Å². The predicted octanol–water partition coefficient (Wildman–Crippen LogP) is 0.431. The van der Waals surface area contributed by atoms with Gasteiger partial charge in [0.25, 0.3) is 0 Å². The summed E-state index contributed by atoms with van der Waals surface area (Å²) in [5.41, 5.74) is 0. The Balaban J connectivity index is 3.46. The van der Waals surface area contributed by atoms with Crippen molar-refractivity contribution < 1.29 is 13.5 Å². The number of rotatable bonds is 9. The molecular weight excluding hydrogens is 222 g/mol. The van der Waals surface area contributed by atoms with Crippen LogP contribution in [0.2, 0.25) is 0 Å². The van der Waals surface area contributed by atoms with Gasteiger partial charge in [0.2, 0.25) is 10.0 Å². The van der Waals surface area contributed by atoms with Crippen LogP contribution in [0.1, 0.15) is 19.3 Å². The van der Waals surface area contributed by atoms with Gasteiger partial charge >= 0.3 is 0 Å². The Hall–Kier alpha value is 0.220. The molecule has 0 aromatic carbocycles. The number of sulfonamides is 1. The summed E-state index contributed by atoms with van der Waals surface area (Å²) in [6.07, 6.45) is 4.24. The molecule has 0 amide bonds. The average molecular weight is 241 g/mol.